The van der Waals surface area contributed by atoms with Gasteiger partial charge in [0.15, 0.2) is 5.16 Å². The molecule has 0 saturated carbocycles. The van der Waals surface area contributed by atoms with Crippen LogP contribution in [0.3, 0.4) is 0 Å². The summed E-state index contributed by atoms with van der Waals surface area (Å²) in [5.41, 5.74) is 3.91. The number of para-hydroxylation sites is 1. The molecular formula is C19H20N2OS. The van der Waals surface area contributed by atoms with Crippen LogP contribution in [0.25, 0.3) is 16.6 Å². The lowest BCUT2D eigenvalue weighted by Crippen LogP contribution is -2.23. The van der Waals surface area contributed by atoms with Crippen molar-refractivity contribution in [3.05, 3.63) is 63.9 Å². The third-order valence-corrected chi connectivity index (χ3v) is 4.64. The molecule has 118 valence electrons. The maximum Gasteiger partial charge on any atom is 0.266 e. The van der Waals surface area contributed by atoms with E-state index in [2.05, 4.69) is 26.8 Å². The number of fused-ring (bicyclic) bond motifs is 1. The van der Waals surface area contributed by atoms with Gasteiger partial charge in [-0.25, -0.2) is 4.98 Å². The number of thioether (sulfide) groups is 1. The highest BCUT2D eigenvalue weighted by atomic mass is 32.2. The number of hydrogen-bond donors (Lipinski definition) is 0. The lowest BCUT2D eigenvalue weighted by Gasteiger charge is -2.16. The van der Waals surface area contributed by atoms with Gasteiger partial charge in [-0.15, -0.1) is 0 Å². The second kappa shape index (κ2) is 6.20. The minimum atomic E-state index is -0.00861. The van der Waals surface area contributed by atoms with Crippen molar-refractivity contribution >= 4 is 22.7 Å². The highest BCUT2D eigenvalue weighted by molar-refractivity contribution is 7.99. The monoisotopic (exact) mass is 324 g/mol. The molecule has 0 N–H and O–H groups in total. The molecule has 0 radical (unpaired) electrons. The predicted octanol–water partition coefficient (Wildman–Crippen LogP) is 4.50. The second-order valence-corrected chi connectivity index (χ2v) is 7.55. The van der Waals surface area contributed by atoms with Gasteiger partial charge < -0.3 is 0 Å². The average molecular weight is 324 g/mol. The molecule has 0 unspecified atom stereocenters. The fraction of sp³-hybridized carbons (Fsp3) is 0.263. The predicted molar refractivity (Wildman–Crippen MR) is 97.8 cm³/mol. The van der Waals surface area contributed by atoms with Crippen LogP contribution in [-0.4, -0.2) is 14.8 Å². The minimum absolute atomic E-state index is 0.00861. The van der Waals surface area contributed by atoms with E-state index in [-0.39, 0.29) is 5.56 Å². The standard InChI is InChI=1S/C19H20N2OS/c1-12(2)23-19-20-16-8-6-5-7-15(16)18(22)21(19)17-10-9-13(3)11-14(17)4/h5-12H,1-4H3. The van der Waals surface area contributed by atoms with E-state index in [4.69, 9.17) is 4.98 Å². The summed E-state index contributed by atoms with van der Waals surface area (Å²) in [6.07, 6.45) is 0. The van der Waals surface area contributed by atoms with Crippen LogP contribution < -0.4 is 5.56 Å². The highest BCUT2D eigenvalue weighted by Gasteiger charge is 2.15. The average Bonchev–Trinajstić information content (AvgIpc) is 2.48. The molecule has 3 aromatic rings. The SMILES string of the molecule is Cc1ccc(-n2c(SC(C)C)nc3ccccc3c2=O)c(C)c1. The quantitative estimate of drug-likeness (QED) is 0.525. The van der Waals surface area contributed by atoms with Crippen molar-refractivity contribution in [1.29, 1.82) is 0 Å². The molecule has 1 aromatic heterocycles. The Balaban J connectivity index is 2.36. The normalized spacial score (nSPS) is 11.3. The van der Waals surface area contributed by atoms with Gasteiger partial charge in [0.05, 0.1) is 16.6 Å². The number of aromatic nitrogens is 2. The molecule has 0 atom stereocenters. The Kier molecular flexibility index (Phi) is 4.26. The first kappa shape index (κ1) is 15.8. The number of hydrogen-bond acceptors (Lipinski definition) is 3. The zero-order valence-corrected chi connectivity index (χ0v) is 14.6. The van der Waals surface area contributed by atoms with Crippen molar-refractivity contribution in [3.63, 3.8) is 0 Å². The molecule has 0 fully saturated rings. The van der Waals surface area contributed by atoms with E-state index in [0.29, 0.717) is 10.6 Å². The van der Waals surface area contributed by atoms with Crippen LogP contribution in [0, 0.1) is 13.8 Å². The van der Waals surface area contributed by atoms with Crippen LogP contribution >= 0.6 is 11.8 Å². The molecule has 3 nitrogen and oxygen atoms in total. The molecule has 0 aliphatic heterocycles. The van der Waals surface area contributed by atoms with E-state index in [1.54, 1.807) is 16.3 Å². The van der Waals surface area contributed by atoms with E-state index in [0.717, 1.165) is 21.9 Å². The van der Waals surface area contributed by atoms with Crippen molar-refractivity contribution in [1.82, 2.24) is 9.55 Å². The zero-order valence-electron chi connectivity index (χ0n) is 13.8. The van der Waals surface area contributed by atoms with Gasteiger partial charge in [0.2, 0.25) is 0 Å². The van der Waals surface area contributed by atoms with Gasteiger partial charge in [-0.1, -0.05) is 55.4 Å². The van der Waals surface area contributed by atoms with Crippen LogP contribution in [0.1, 0.15) is 25.0 Å². The third-order valence-electron chi connectivity index (χ3n) is 3.68. The zero-order chi connectivity index (χ0) is 16.6. The largest absolute Gasteiger partial charge is 0.268 e. The summed E-state index contributed by atoms with van der Waals surface area (Å²) in [5.74, 6) is 0. The van der Waals surface area contributed by atoms with Crippen LogP contribution in [0.15, 0.2) is 52.4 Å². The van der Waals surface area contributed by atoms with E-state index in [1.807, 2.05) is 43.3 Å². The summed E-state index contributed by atoms with van der Waals surface area (Å²) >= 11 is 1.61. The van der Waals surface area contributed by atoms with Gasteiger partial charge in [-0.05, 0) is 37.6 Å². The number of nitrogens with zero attached hydrogens (tertiary/aromatic N) is 2. The molecule has 3 rings (SSSR count). The molecule has 0 spiro atoms. The van der Waals surface area contributed by atoms with E-state index in [9.17, 15) is 4.79 Å². The smallest absolute Gasteiger partial charge is 0.266 e. The Hall–Kier alpha value is -2.07. The Morgan fingerprint density at radius 1 is 1.09 bits per heavy atom. The highest BCUT2D eigenvalue weighted by Crippen LogP contribution is 2.26. The maximum absolute atomic E-state index is 13.1. The molecule has 4 heteroatoms. The van der Waals surface area contributed by atoms with E-state index < -0.39 is 0 Å². The first-order chi connectivity index (χ1) is 11.0. The first-order valence-corrected chi connectivity index (χ1v) is 8.61. The van der Waals surface area contributed by atoms with Gasteiger partial charge >= 0.3 is 0 Å². The Labute approximate surface area is 140 Å². The van der Waals surface area contributed by atoms with Gasteiger partial charge in [-0.2, -0.15) is 0 Å². The van der Waals surface area contributed by atoms with Crippen molar-refractivity contribution in [2.45, 2.75) is 38.1 Å². The summed E-state index contributed by atoms with van der Waals surface area (Å²) in [6, 6.07) is 13.7. The molecule has 0 aliphatic rings. The lowest BCUT2D eigenvalue weighted by atomic mass is 10.1. The van der Waals surface area contributed by atoms with E-state index in [1.165, 1.54) is 5.56 Å². The molecule has 1 heterocycles. The summed E-state index contributed by atoms with van der Waals surface area (Å²) in [6.45, 7) is 8.31. The molecule has 0 bridgehead atoms. The molecule has 0 amide bonds. The summed E-state index contributed by atoms with van der Waals surface area (Å²) in [4.78, 5) is 17.8. The topological polar surface area (TPSA) is 34.9 Å². The number of aryl methyl sites for hydroxylation is 2. The van der Waals surface area contributed by atoms with Crippen LogP contribution in [0.2, 0.25) is 0 Å². The first-order valence-electron chi connectivity index (χ1n) is 7.73. The third kappa shape index (κ3) is 3.04. The Morgan fingerprint density at radius 2 is 1.83 bits per heavy atom. The minimum Gasteiger partial charge on any atom is -0.268 e. The van der Waals surface area contributed by atoms with E-state index >= 15 is 0 Å². The van der Waals surface area contributed by atoms with Crippen molar-refractivity contribution in [2.24, 2.45) is 0 Å². The van der Waals surface area contributed by atoms with Gasteiger partial charge in [-0.3, -0.25) is 9.36 Å². The molecule has 2 aromatic carbocycles. The number of benzene rings is 2. The van der Waals surface area contributed by atoms with Gasteiger partial charge in [0, 0.05) is 5.25 Å². The molecular weight excluding hydrogens is 304 g/mol. The van der Waals surface area contributed by atoms with Crippen molar-refractivity contribution in [3.8, 4) is 5.69 Å². The lowest BCUT2D eigenvalue weighted by molar-refractivity contribution is 0.810. The second-order valence-electron chi connectivity index (χ2n) is 6.01. The number of rotatable bonds is 3. The summed E-state index contributed by atoms with van der Waals surface area (Å²) in [7, 11) is 0. The van der Waals surface area contributed by atoms with Crippen molar-refractivity contribution in [2.75, 3.05) is 0 Å². The van der Waals surface area contributed by atoms with Crippen LogP contribution in [-0.2, 0) is 0 Å². The summed E-state index contributed by atoms with van der Waals surface area (Å²) < 4.78 is 1.75. The Bertz CT molecular complexity index is 928. The van der Waals surface area contributed by atoms with Crippen LogP contribution in [0.5, 0.6) is 0 Å². The van der Waals surface area contributed by atoms with Gasteiger partial charge in [0.1, 0.15) is 0 Å². The fourth-order valence-electron chi connectivity index (χ4n) is 2.67. The molecule has 23 heavy (non-hydrogen) atoms. The van der Waals surface area contributed by atoms with Crippen molar-refractivity contribution < 1.29 is 0 Å². The van der Waals surface area contributed by atoms with Gasteiger partial charge in [0.25, 0.3) is 5.56 Å². The maximum atomic E-state index is 13.1. The molecule has 0 aliphatic carbocycles. The van der Waals surface area contributed by atoms with Crippen LogP contribution in [0.4, 0.5) is 0 Å². The molecule has 0 saturated heterocycles. The summed E-state index contributed by atoms with van der Waals surface area (Å²) in [5, 5.41) is 1.75. The fourth-order valence-corrected chi connectivity index (χ4v) is 3.53. The Morgan fingerprint density at radius 3 is 2.52 bits per heavy atom.